The Hall–Kier alpha value is -1.69. The minimum absolute atomic E-state index is 0.238. The van der Waals surface area contributed by atoms with Crippen LogP contribution in [0.2, 0.25) is 0 Å². The maximum Gasteiger partial charge on any atom is 0.257 e. The summed E-state index contributed by atoms with van der Waals surface area (Å²) in [4.78, 5) is 13.9. The molecule has 0 aliphatic carbocycles. The molecular weight excluding hydrogens is 264 g/mol. The lowest BCUT2D eigenvalue weighted by atomic mass is 10.1. The lowest BCUT2D eigenvalue weighted by molar-refractivity contribution is 0.0940. The number of benzene rings is 1. The number of rotatable bonds is 7. The highest BCUT2D eigenvalue weighted by Crippen LogP contribution is 2.18. The van der Waals surface area contributed by atoms with Crippen LogP contribution in [0.1, 0.15) is 30.6 Å². The first-order valence-corrected chi connectivity index (χ1v) is 6.75. The minimum Gasteiger partial charge on any atom is -0.396 e. The van der Waals surface area contributed by atoms with E-state index in [-0.39, 0.29) is 5.69 Å². The van der Waals surface area contributed by atoms with Crippen LogP contribution >= 0.6 is 0 Å². The summed E-state index contributed by atoms with van der Waals surface area (Å²) in [7, 11) is 0. The molecule has 4 nitrogen and oxygen atoms in total. The lowest BCUT2D eigenvalue weighted by Crippen LogP contribution is -2.36. The van der Waals surface area contributed by atoms with Gasteiger partial charge in [0, 0.05) is 13.1 Å². The van der Waals surface area contributed by atoms with E-state index < -0.39 is 23.1 Å². The summed E-state index contributed by atoms with van der Waals surface area (Å²) < 4.78 is 27.1. The normalized spacial score (nSPS) is 10.8. The van der Waals surface area contributed by atoms with Crippen molar-refractivity contribution in [3.8, 4) is 0 Å². The third kappa shape index (κ3) is 4.16. The van der Waals surface area contributed by atoms with Gasteiger partial charge in [0.25, 0.3) is 5.91 Å². The largest absolute Gasteiger partial charge is 0.396 e. The molecule has 6 heteroatoms. The second kappa shape index (κ2) is 7.79. The van der Waals surface area contributed by atoms with Gasteiger partial charge in [-0.05, 0) is 31.6 Å². The van der Waals surface area contributed by atoms with E-state index in [1.807, 2.05) is 6.92 Å². The van der Waals surface area contributed by atoms with Gasteiger partial charge < -0.3 is 16.0 Å². The van der Waals surface area contributed by atoms with E-state index in [1.54, 1.807) is 0 Å². The molecule has 0 unspecified atom stereocenters. The first-order chi connectivity index (χ1) is 9.51. The van der Waals surface area contributed by atoms with Gasteiger partial charge in [0.1, 0.15) is 11.4 Å². The third-order valence-corrected chi connectivity index (χ3v) is 3.05. The maximum absolute atomic E-state index is 13.6. The van der Waals surface area contributed by atoms with Crippen LogP contribution in [-0.2, 0) is 0 Å². The third-order valence-electron chi connectivity index (χ3n) is 3.05. The molecular formula is C14H21F2N3O. The number of nitrogens with zero attached hydrogens (tertiary/aromatic N) is 1. The molecule has 1 aromatic carbocycles. The Kier molecular flexibility index (Phi) is 6.38. The zero-order chi connectivity index (χ0) is 15.1. The Morgan fingerprint density at radius 1 is 1.30 bits per heavy atom. The van der Waals surface area contributed by atoms with Crippen molar-refractivity contribution in [3.63, 3.8) is 0 Å². The number of hydrogen-bond acceptors (Lipinski definition) is 3. The Bertz CT molecular complexity index is 466. The van der Waals surface area contributed by atoms with Crippen molar-refractivity contribution in [2.45, 2.75) is 20.3 Å². The molecule has 0 radical (unpaired) electrons. The van der Waals surface area contributed by atoms with Crippen LogP contribution in [0.4, 0.5) is 14.5 Å². The number of anilines is 1. The van der Waals surface area contributed by atoms with Crippen LogP contribution in [0.15, 0.2) is 12.1 Å². The van der Waals surface area contributed by atoms with Crippen LogP contribution in [0.5, 0.6) is 0 Å². The van der Waals surface area contributed by atoms with Gasteiger partial charge in [-0.15, -0.1) is 0 Å². The topological polar surface area (TPSA) is 58.4 Å². The summed E-state index contributed by atoms with van der Waals surface area (Å²) in [5.41, 5.74) is 4.48. The molecule has 0 spiro atoms. The SMILES string of the molecule is CCCN(CC)CCNC(=O)c1c(F)ccc(N)c1F. The van der Waals surface area contributed by atoms with Crippen LogP contribution < -0.4 is 11.1 Å². The average Bonchev–Trinajstić information content (AvgIpc) is 2.42. The highest BCUT2D eigenvalue weighted by atomic mass is 19.1. The first kappa shape index (κ1) is 16.4. The number of hydrogen-bond donors (Lipinski definition) is 2. The zero-order valence-electron chi connectivity index (χ0n) is 11.9. The summed E-state index contributed by atoms with van der Waals surface area (Å²) in [5, 5.41) is 2.51. The number of nitrogens with two attached hydrogens (primary N) is 1. The van der Waals surface area contributed by atoms with Crippen LogP contribution in [-0.4, -0.2) is 37.0 Å². The fourth-order valence-corrected chi connectivity index (χ4v) is 1.94. The van der Waals surface area contributed by atoms with E-state index in [0.29, 0.717) is 13.1 Å². The van der Waals surface area contributed by atoms with Gasteiger partial charge in [0.2, 0.25) is 0 Å². The van der Waals surface area contributed by atoms with Crippen LogP contribution in [0, 0.1) is 11.6 Å². The van der Waals surface area contributed by atoms with Crippen molar-refractivity contribution in [1.82, 2.24) is 10.2 Å². The Morgan fingerprint density at radius 2 is 2.00 bits per heavy atom. The molecule has 0 aliphatic rings. The second-order valence-corrected chi connectivity index (χ2v) is 4.52. The molecule has 0 aliphatic heterocycles. The van der Waals surface area contributed by atoms with Crippen molar-refractivity contribution >= 4 is 11.6 Å². The van der Waals surface area contributed by atoms with E-state index in [9.17, 15) is 13.6 Å². The number of carbonyl (C=O) groups is 1. The molecule has 1 aromatic rings. The molecule has 0 saturated carbocycles. The number of nitrogens with one attached hydrogen (secondary N) is 1. The monoisotopic (exact) mass is 285 g/mol. The van der Waals surface area contributed by atoms with Crippen molar-refractivity contribution in [2.24, 2.45) is 0 Å². The molecule has 0 saturated heterocycles. The van der Waals surface area contributed by atoms with Gasteiger partial charge in [0.05, 0.1) is 5.69 Å². The second-order valence-electron chi connectivity index (χ2n) is 4.52. The molecule has 112 valence electrons. The number of amides is 1. The summed E-state index contributed by atoms with van der Waals surface area (Å²) >= 11 is 0. The summed E-state index contributed by atoms with van der Waals surface area (Å²) in [5.74, 6) is -2.70. The summed E-state index contributed by atoms with van der Waals surface area (Å²) in [6.45, 7) is 6.85. The highest BCUT2D eigenvalue weighted by molar-refractivity contribution is 5.95. The van der Waals surface area contributed by atoms with Crippen molar-refractivity contribution < 1.29 is 13.6 Å². The minimum atomic E-state index is -1.01. The van der Waals surface area contributed by atoms with Gasteiger partial charge in [0.15, 0.2) is 5.82 Å². The molecule has 0 bridgehead atoms. The van der Waals surface area contributed by atoms with E-state index in [2.05, 4.69) is 17.1 Å². The van der Waals surface area contributed by atoms with Gasteiger partial charge in [-0.1, -0.05) is 13.8 Å². The predicted molar refractivity (Wildman–Crippen MR) is 75.5 cm³/mol. The fraction of sp³-hybridized carbons (Fsp3) is 0.500. The molecule has 3 N–H and O–H groups in total. The molecule has 1 amide bonds. The molecule has 0 atom stereocenters. The maximum atomic E-state index is 13.6. The summed E-state index contributed by atoms with van der Waals surface area (Å²) in [6, 6.07) is 2.09. The standard InChI is InChI=1S/C14H21F2N3O/c1-3-8-19(4-2)9-7-18-14(20)12-10(15)5-6-11(17)13(12)16/h5-6H,3-4,7-9,17H2,1-2H3,(H,18,20). The molecule has 0 fully saturated rings. The Morgan fingerprint density at radius 3 is 2.60 bits per heavy atom. The van der Waals surface area contributed by atoms with E-state index in [4.69, 9.17) is 5.73 Å². The van der Waals surface area contributed by atoms with Gasteiger partial charge >= 0.3 is 0 Å². The first-order valence-electron chi connectivity index (χ1n) is 6.75. The molecule has 1 rings (SSSR count). The average molecular weight is 285 g/mol. The van der Waals surface area contributed by atoms with Crippen LogP contribution in [0.25, 0.3) is 0 Å². The Labute approximate surface area is 117 Å². The number of halogens is 2. The van der Waals surface area contributed by atoms with Gasteiger partial charge in [-0.3, -0.25) is 4.79 Å². The van der Waals surface area contributed by atoms with Gasteiger partial charge in [-0.25, -0.2) is 8.78 Å². The van der Waals surface area contributed by atoms with Crippen molar-refractivity contribution in [3.05, 3.63) is 29.3 Å². The Balaban J connectivity index is 2.62. The summed E-state index contributed by atoms with van der Waals surface area (Å²) in [6.07, 6.45) is 1.01. The van der Waals surface area contributed by atoms with E-state index in [0.717, 1.165) is 31.6 Å². The zero-order valence-corrected chi connectivity index (χ0v) is 11.9. The molecule has 0 heterocycles. The molecule has 0 aromatic heterocycles. The van der Waals surface area contributed by atoms with E-state index >= 15 is 0 Å². The highest BCUT2D eigenvalue weighted by Gasteiger charge is 2.19. The molecule has 20 heavy (non-hydrogen) atoms. The fourth-order valence-electron chi connectivity index (χ4n) is 1.94. The smallest absolute Gasteiger partial charge is 0.257 e. The number of nitrogen functional groups attached to an aromatic ring is 1. The van der Waals surface area contributed by atoms with Crippen molar-refractivity contribution in [2.75, 3.05) is 31.9 Å². The predicted octanol–water partition coefficient (Wildman–Crippen LogP) is 2.01. The number of likely N-dealkylation sites (N-methyl/N-ethyl adjacent to an activating group) is 1. The quantitative estimate of drug-likeness (QED) is 0.753. The van der Waals surface area contributed by atoms with Crippen molar-refractivity contribution in [1.29, 1.82) is 0 Å². The van der Waals surface area contributed by atoms with Gasteiger partial charge in [-0.2, -0.15) is 0 Å². The van der Waals surface area contributed by atoms with Crippen LogP contribution in [0.3, 0.4) is 0 Å². The van der Waals surface area contributed by atoms with E-state index in [1.165, 1.54) is 0 Å². The lowest BCUT2D eigenvalue weighted by Gasteiger charge is -2.19. The number of carbonyl (C=O) groups excluding carboxylic acids is 1.